The fourth-order valence-electron chi connectivity index (χ4n) is 2.08. The van der Waals surface area contributed by atoms with Gasteiger partial charge < -0.3 is 40.1 Å². The lowest BCUT2D eigenvalue weighted by atomic mass is 10.1. The molecule has 0 bridgehead atoms. The molecule has 6 N–H and O–H groups in total. The van der Waals surface area contributed by atoms with E-state index in [2.05, 4.69) is 4.74 Å². The van der Waals surface area contributed by atoms with E-state index in [1.165, 1.54) is 0 Å². The molecule has 0 amide bonds. The van der Waals surface area contributed by atoms with Crippen molar-refractivity contribution < 1.29 is 59.3 Å². The number of rotatable bonds is 14. The van der Waals surface area contributed by atoms with Crippen molar-refractivity contribution in [1.29, 1.82) is 0 Å². The standard InChI is InChI=1S/C16H26O12/c1-2-5-8(28-16(26)12(20)10(18)14(23)24)6-3-4-7-27-15(25)11(19)9(17)13(21)22/h8-12,17-20H,2-7H2,1H3,(H,21,22)(H,23,24). The van der Waals surface area contributed by atoms with Gasteiger partial charge in [-0.15, -0.1) is 0 Å². The van der Waals surface area contributed by atoms with Crippen molar-refractivity contribution in [1.82, 2.24) is 0 Å². The minimum Gasteiger partial charge on any atom is -0.479 e. The maximum Gasteiger partial charge on any atom is 0.338 e. The monoisotopic (exact) mass is 410 g/mol. The minimum atomic E-state index is -2.30. The summed E-state index contributed by atoms with van der Waals surface area (Å²) < 4.78 is 9.63. The SMILES string of the molecule is CCCC(CCCCOC(=O)C(O)C(O)C(=O)O)OC(=O)C(O)C(O)C(=O)O. The van der Waals surface area contributed by atoms with Crippen LogP contribution < -0.4 is 0 Å². The van der Waals surface area contributed by atoms with Crippen molar-refractivity contribution in [2.45, 2.75) is 69.5 Å². The molecule has 0 saturated carbocycles. The Labute approximate surface area is 160 Å². The molecule has 0 saturated heterocycles. The molecule has 0 heterocycles. The second-order valence-corrected chi connectivity index (χ2v) is 5.97. The van der Waals surface area contributed by atoms with E-state index in [1.807, 2.05) is 0 Å². The maximum atomic E-state index is 11.7. The van der Waals surface area contributed by atoms with Gasteiger partial charge in [0, 0.05) is 0 Å². The molecule has 162 valence electrons. The summed E-state index contributed by atoms with van der Waals surface area (Å²) in [6.45, 7) is 1.62. The van der Waals surface area contributed by atoms with Crippen LogP contribution >= 0.6 is 0 Å². The highest BCUT2D eigenvalue weighted by molar-refractivity contribution is 5.84. The van der Waals surface area contributed by atoms with Gasteiger partial charge in [0.2, 0.25) is 0 Å². The normalized spacial score (nSPS) is 16.3. The van der Waals surface area contributed by atoms with E-state index in [9.17, 15) is 29.4 Å². The average molecular weight is 410 g/mol. The lowest BCUT2D eigenvalue weighted by molar-refractivity contribution is -0.174. The van der Waals surface area contributed by atoms with Gasteiger partial charge in [-0.2, -0.15) is 0 Å². The number of unbranched alkanes of at least 4 members (excludes halogenated alkanes) is 1. The molecule has 0 aliphatic carbocycles. The molecule has 0 aliphatic rings. The van der Waals surface area contributed by atoms with E-state index < -0.39 is 54.4 Å². The van der Waals surface area contributed by atoms with Gasteiger partial charge in [-0.25, -0.2) is 19.2 Å². The largest absolute Gasteiger partial charge is 0.479 e. The summed E-state index contributed by atoms with van der Waals surface area (Å²) in [5, 5.41) is 53.9. The molecule has 0 aliphatic heterocycles. The zero-order valence-corrected chi connectivity index (χ0v) is 15.3. The number of carbonyl (C=O) groups is 4. The Hall–Kier alpha value is -2.28. The molecular formula is C16H26O12. The molecule has 0 aromatic heterocycles. The Bertz CT molecular complexity index is 534. The number of carbonyl (C=O) groups excluding carboxylic acids is 2. The van der Waals surface area contributed by atoms with Crippen LogP contribution in [0.5, 0.6) is 0 Å². The number of aliphatic hydroxyl groups is 4. The molecule has 5 unspecified atom stereocenters. The van der Waals surface area contributed by atoms with Gasteiger partial charge in [-0.1, -0.05) is 13.3 Å². The van der Waals surface area contributed by atoms with Crippen molar-refractivity contribution in [2.24, 2.45) is 0 Å². The Kier molecular flexibility index (Phi) is 11.9. The van der Waals surface area contributed by atoms with Crippen molar-refractivity contribution in [3.05, 3.63) is 0 Å². The van der Waals surface area contributed by atoms with E-state index in [-0.39, 0.29) is 19.4 Å². The molecule has 5 atom stereocenters. The number of hydrogen-bond acceptors (Lipinski definition) is 10. The number of ether oxygens (including phenoxy) is 2. The second-order valence-electron chi connectivity index (χ2n) is 5.97. The van der Waals surface area contributed by atoms with Crippen molar-refractivity contribution in [3.8, 4) is 0 Å². The van der Waals surface area contributed by atoms with Crippen LogP contribution in [-0.4, -0.2) is 91.6 Å². The Morgan fingerprint density at radius 3 is 1.71 bits per heavy atom. The molecule has 28 heavy (non-hydrogen) atoms. The quantitative estimate of drug-likeness (QED) is 0.136. The smallest absolute Gasteiger partial charge is 0.338 e. The van der Waals surface area contributed by atoms with E-state index in [1.54, 1.807) is 6.92 Å². The first-order chi connectivity index (χ1) is 13.0. The lowest BCUT2D eigenvalue weighted by Crippen LogP contribution is -2.41. The summed E-state index contributed by atoms with van der Waals surface area (Å²) in [4.78, 5) is 44.1. The number of carboxylic acid groups (broad SMARTS) is 2. The predicted molar refractivity (Wildman–Crippen MR) is 88.9 cm³/mol. The van der Waals surface area contributed by atoms with Crippen molar-refractivity contribution in [3.63, 3.8) is 0 Å². The molecule has 12 heteroatoms. The van der Waals surface area contributed by atoms with E-state index >= 15 is 0 Å². The van der Waals surface area contributed by atoms with E-state index in [4.69, 9.17) is 25.2 Å². The molecule has 0 rings (SSSR count). The molecular weight excluding hydrogens is 384 g/mol. The average Bonchev–Trinajstić information content (AvgIpc) is 2.64. The fourth-order valence-corrected chi connectivity index (χ4v) is 2.08. The molecule has 0 aromatic carbocycles. The molecule has 0 spiro atoms. The van der Waals surface area contributed by atoms with Crippen LogP contribution in [-0.2, 0) is 28.7 Å². The Morgan fingerprint density at radius 1 is 0.750 bits per heavy atom. The lowest BCUT2D eigenvalue weighted by Gasteiger charge is -2.20. The highest BCUT2D eigenvalue weighted by atomic mass is 16.6. The summed E-state index contributed by atoms with van der Waals surface area (Å²) in [7, 11) is 0. The summed E-state index contributed by atoms with van der Waals surface area (Å²) in [5.41, 5.74) is 0. The molecule has 0 radical (unpaired) electrons. The molecule has 12 nitrogen and oxygen atoms in total. The minimum absolute atomic E-state index is 0.185. The first-order valence-electron chi connectivity index (χ1n) is 8.57. The number of hydrogen-bond donors (Lipinski definition) is 6. The number of aliphatic carboxylic acids is 2. The first kappa shape index (κ1) is 25.7. The van der Waals surface area contributed by atoms with Gasteiger partial charge in [0.15, 0.2) is 24.4 Å². The van der Waals surface area contributed by atoms with Crippen LogP contribution in [0.1, 0.15) is 39.0 Å². The Morgan fingerprint density at radius 2 is 1.25 bits per heavy atom. The van der Waals surface area contributed by atoms with Gasteiger partial charge >= 0.3 is 23.9 Å². The highest BCUT2D eigenvalue weighted by Gasteiger charge is 2.33. The third kappa shape index (κ3) is 9.08. The van der Waals surface area contributed by atoms with Crippen LogP contribution in [0.3, 0.4) is 0 Å². The maximum absolute atomic E-state index is 11.7. The van der Waals surface area contributed by atoms with Crippen LogP contribution in [0, 0.1) is 0 Å². The van der Waals surface area contributed by atoms with E-state index in [0.717, 1.165) is 0 Å². The van der Waals surface area contributed by atoms with Crippen molar-refractivity contribution >= 4 is 23.9 Å². The van der Waals surface area contributed by atoms with Crippen LogP contribution in [0.4, 0.5) is 0 Å². The van der Waals surface area contributed by atoms with Gasteiger partial charge in [0.05, 0.1) is 6.61 Å². The van der Waals surface area contributed by atoms with Crippen molar-refractivity contribution in [2.75, 3.05) is 6.61 Å². The number of esters is 2. The topological polar surface area (TPSA) is 208 Å². The van der Waals surface area contributed by atoms with E-state index in [0.29, 0.717) is 19.3 Å². The number of aliphatic hydroxyl groups excluding tert-OH is 4. The fraction of sp³-hybridized carbons (Fsp3) is 0.750. The second kappa shape index (κ2) is 13.0. The van der Waals surface area contributed by atoms with Gasteiger partial charge in [0.25, 0.3) is 0 Å². The zero-order valence-electron chi connectivity index (χ0n) is 15.3. The summed E-state index contributed by atoms with van der Waals surface area (Å²) in [5.74, 6) is -6.11. The van der Waals surface area contributed by atoms with Crippen LogP contribution in [0.2, 0.25) is 0 Å². The molecule has 0 aromatic rings. The summed E-state index contributed by atoms with van der Waals surface area (Å²) in [6, 6.07) is 0. The van der Waals surface area contributed by atoms with Gasteiger partial charge in [-0.05, 0) is 25.7 Å². The zero-order chi connectivity index (χ0) is 21.9. The highest BCUT2D eigenvalue weighted by Crippen LogP contribution is 2.13. The van der Waals surface area contributed by atoms with Crippen LogP contribution in [0.15, 0.2) is 0 Å². The first-order valence-corrected chi connectivity index (χ1v) is 8.57. The Balaban J connectivity index is 4.33. The predicted octanol–water partition coefficient (Wildman–Crippen LogP) is -1.98. The number of carboxylic acids is 2. The summed E-state index contributed by atoms with van der Waals surface area (Å²) in [6.07, 6.45) is -7.76. The van der Waals surface area contributed by atoms with Gasteiger partial charge in [0.1, 0.15) is 6.10 Å². The molecule has 0 fully saturated rings. The third-order valence-corrected chi connectivity index (χ3v) is 3.65. The summed E-state index contributed by atoms with van der Waals surface area (Å²) >= 11 is 0. The third-order valence-electron chi connectivity index (χ3n) is 3.65. The van der Waals surface area contributed by atoms with Gasteiger partial charge in [-0.3, -0.25) is 0 Å². The van der Waals surface area contributed by atoms with Crippen LogP contribution in [0.25, 0.3) is 0 Å².